The SMILES string of the molecule is NCC(c1ccccc1)N1CCC2CCCCC2C1. The summed E-state index contributed by atoms with van der Waals surface area (Å²) >= 11 is 0. The van der Waals surface area contributed by atoms with Crippen molar-refractivity contribution in [2.24, 2.45) is 17.6 Å². The minimum Gasteiger partial charge on any atom is -0.329 e. The van der Waals surface area contributed by atoms with Crippen LogP contribution in [0.3, 0.4) is 0 Å². The van der Waals surface area contributed by atoms with Gasteiger partial charge in [-0.15, -0.1) is 0 Å². The highest BCUT2D eigenvalue weighted by molar-refractivity contribution is 5.19. The molecule has 3 unspecified atom stereocenters. The van der Waals surface area contributed by atoms with Crippen molar-refractivity contribution in [2.45, 2.75) is 38.1 Å². The van der Waals surface area contributed by atoms with Crippen LogP contribution in [-0.4, -0.2) is 24.5 Å². The molecule has 0 amide bonds. The zero-order valence-electron chi connectivity index (χ0n) is 11.8. The van der Waals surface area contributed by atoms with Gasteiger partial charge in [0.25, 0.3) is 0 Å². The van der Waals surface area contributed by atoms with Crippen molar-refractivity contribution in [2.75, 3.05) is 19.6 Å². The van der Waals surface area contributed by atoms with Crippen LogP contribution in [-0.2, 0) is 0 Å². The van der Waals surface area contributed by atoms with Crippen LogP contribution in [0.15, 0.2) is 30.3 Å². The highest BCUT2D eigenvalue weighted by Crippen LogP contribution is 2.38. The molecule has 2 fully saturated rings. The van der Waals surface area contributed by atoms with Crippen LogP contribution in [0.1, 0.15) is 43.7 Å². The van der Waals surface area contributed by atoms with Gasteiger partial charge in [0.2, 0.25) is 0 Å². The molecule has 0 bridgehead atoms. The molecule has 1 saturated carbocycles. The first kappa shape index (κ1) is 13.1. The first-order valence-corrected chi connectivity index (χ1v) is 7.87. The summed E-state index contributed by atoms with van der Waals surface area (Å²) in [5.41, 5.74) is 7.45. The maximum absolute atomic E-state index is 6.06. The molecule has 3 rings (SSSR count). The average Bonchev–Trinajstić information content (AvgIpc) is 2.49. The molecule has 104 valence electrons. The predicted molar refractivity (Wildman–Crippen MR) is 79.9 cm³/mol. The Hall–Kier alpha value is -0.860. The lowest BCUT2D eigenvalue weighted by atomic mass is 9.74. The Labute approximate surface area is 117 Å². The largest absolute Gasteiger partial charge is 0.329 e. The number of hydrogen-bond donors (Lipinski definition) is 1. The number of piperidine rings is 1. The number of likely N-dealkylation sites (tertiary alicyclic amines) is 1. The van der Waals surface area contributed by atoms with Gasteiger partial charge in [-0.25, -0.2) is 0 Å². The topological polar surface area (TPSA) is 29.3 Å². The fourth-order valence-electron chi connectivity index (χ4n) is 4.08. The van der Waals surface area contributed by atoms with Crippen molar-refractivity contribution in [3.8, 4) is 0 Å². The summed E-state index contributed by atoms with van der Waals surface area (Å²) in [5, 5.41) is 0. The molecule has 1 saturated heterocycles. The molecule has 2 heteroatoms. The van der Waals surface area contributed by atoms with Crippen LogP contribution in [0.25, 0.3) is 0 Å². The summed E-state index contributed by atoms with van der Waals surface area (Å²) < 4.78 is 0. The van der Waals surface area contributed by atoms with Crippen LogP contribution in [0.2, 0.25) is 0 Å². The fourth-order valence-corrected chi connectivity index (χ4v) is 4.08. The van der Waals surface area contributed by atoms with E-state index in [-0.39, 0.29) is 0 Å². The summed E-state index contributed by atoms with van der Waals surface area (Å²) in [6.07, 6.45) is 7.19. The molecule has 2 nitrogen and oxygen atoms in total. The second kappa shape index (κ2) is 6.06. The lowest BCUT2D eigenvalue weighted by molar-refractivity contribution is 0.0586. The monoisotopic (exact) mass is 258 g/mol. The molecular formula is C17H26N2. The second-order valence-electron chi connectivity index (χ2n) is 6.25. The van der Waals surface area contributed by atoms with Gasteiger partial charge in [0.1, 0.15) is 0 Å². The van der Waals surface area contributed by atoms with Crippen molar-refractivity contribution >= 4 is 0 Å². The molecule has 1 aromatic rings. The maximum atomic E-state index is 6.06. The van der Waals surface area contributed by atoms with E-state index in [9.17, 15) is 0 Å². The quantitative estimate of drug-likeness (QED) is 0.902. The molecule has 19 heavy (non-hydrogen) atoms. The van der Waals surface area contributed by atoms with E-state index in [4.69, 9.17) is 5.73 Å². The van der Waals surface area contributed by atoms with E-state index >= 15 is 0 Å². The van der Waals surface area contributed by atoms with Gasteiger partial charge in [-0.3, -0.25) is 4.90 Å². The van der Waals surface area contributed by atoms with Crippen molar-refractivity contribution < 1.29 is 0 Å². The molecule has 0 spiro atoms. The standard InChI is InChI=1S/C17H26N2/c18-12-17(15-7-2-1-3-8-15)19-11-10-14-6-4-5-9-16(14)13-19/h1-3,7-8,14,16-17H,4-6,9-13,18H2. The number of benzene rings is 1. The summed E-state index contributed by atoms with van der Waals surface area (Å²) in [4.78, 5) is 2.64. The normalized spacial score (nSPS) is 29.7. The number of fused-ring (bicyclic) bond motifs is 1. The molecule has 2 N–H and O–H groups in total. The smallest absolute Gasteiger partial charge is 0.0470 e. The fraction of sp³-hybridized carbons (Fsp3) is 0.647. The van der Waals surface area contributed by atoms with Gasteiger partial charge in [-0.1, -0.05) is 49.6 Å². The Kier molecular flexibility index (Phi) is 4.19. The number of nitrogens with two attached hydrogens (primary N) is 1. The van der Waals surface area contributed by atoms with Gasteiger partial charge in [0, 0.05) is 19.1 Å². The van der Waals surface area contributed by atoms with Gasteiger partial charge in [-0.2, -0.15) is 0 Å². The highest BCUT2D eigenvalue weighted by Gasteiger charge is 2.33. The third-order valence-electron chi connectivity index (χ3n) is 5.17. The van der Waals surface area contributed by atoms with E-state index in [2.05, 4.69) is 35.2 Å². The molecule has 0 radical (unpaired) electrons. The molecular weight excluding hydrogens is 232 g/mol. The van der Waals surface area contributed by atoms with E-state index in [1.807, 2.05) is 0 Å². The van der Waals surface area contributed by atoms with Crippen LogP contribution >= 0.6 is 0 Å². The van der Waals surface area contributed by atoms with E-state index in [0.29, 0.717) is 6.04 Å². The molecule has 1 aliphatic carbocycles. The van der Waals surface area contributed by atoms with Gasteiger partial charge in [0.15, 0.2) is 0 Å². The zero-order chi connectivity index (χ0) is 13.1. The minimum absolute atomic E-state index is 0.420. The van der Waals surface area contributed by atoms with Crippen molar-refractivity contribution in [1.29, 1.82) is 0 Å². The van der Waals surface area contributed by atoms with Crippen LogP contribution in [0.5, 0.6) is 0 Å². The Morgan fingerprint density at radius 3 is 2.53 bits per heavy atom. The number of rotatable bonds is 3. The average molecular weight is 258 g/mol. The predicted octanol–water partition coefficient (Wildman–Crippen LogP) is 3.20. The lowest BCUT2D eigenvalue weighted by Gasteiger charge is -2.44. The van der Waals surface area contributed by atoms with Crippen LogP contribution in [0.4, 0.5) is 0 Å². The summed E-state index contributed by atoms with van der Waals surface area (Å²) in [6, 6.07) is 11.2. The summed E-state index contributed by atoms with van der Waals surface area (Å²) in [6.45, 7) is 3.24. The Morgan fingerprint density at radius 2 is 1.79 bits per heavy atom. The van der Waals surface area contributed by atoms with Crippen molar-refractivity contribution in [1.82, 2.24) is 4.90 Å². The Balaban J connectivity index is 1.70. The van der Waals surface area contributed by atoms with Gasteiger partial charge < -0.3 is 5.73 Å². The second-order valence-corrected chi connectivity index (χ2v) is 6.25. The van der Waals surface area contributed by atoms with E-state index < -0.39 is 0 Å². The summed E-state index contributed by atoms with van der Waals surface area (Å²) in [5.74, 6) is 1.93. The van der Waals surface area contributed by atoms with Gasteiger partial charge in [0.05, 0.1) is 0 Å². The third-order valence-corrected chi connectivity index (χ3v) is 5.17. The molecule has 3 atom stereocenters. The first-order valence-electron chi connectivity index (χ1n) is 7.87. The van der Waals surface area contributed by atoms with E-state index in [0.717, 1.165) is 18.4 Å². The Bertz CT molecular complexity index is 390. The van der Waals surface area contributed by atoms with Gasteiger partial charge in [-0.05, 0) is 36.8 Å². The zero-order valence-corrected chi connectivity index (χ0v) is 11.8. The lowest BCUT2D eigenvalue weighted by Crippen LogP contribution is -2.45. The summed E-state index contributed by atoms with van der Waals surface area (Å²) in [7, 11) is 0. The molecule has 1 heterocycles. The van der Waals surface area contributed by atoms with Crippen molar-refractivity contribution in [3.05, 3.63) is 35.9 Å². The highest BCUT2D eigenvalue weighted by atomic mass is 15.2. The number of nitrogens with zero attached hydrogens (tertiary/aromatic N) is 1. The molecule has 1 aromatic carbocycles. The molecule has 1 aliphatic heterocycles. The number of hydrogen-bond acceptors (Lipinski definition) is 2. The Morgan fingerprint density at radius 1 is 1.05 bits per heavy atom. The van der Waals surface area contributed by atoms with Crippen LogP contribution < -0.4 is 5.73 Å². The van der Waals surface area contributed by atoms with Crippen molar-refractivity contribution in [3.63, 3.8) is 0 Å². The van der Waals surface area contributed by atoms with Crippen LogP contribution in [0, 0.1) is 11.8 Å². The third kappa shape index (κ3) is 2.85. The molecule has 2 aliphatic rings. The van der Waals surface area contributed by atoms with E-state index in [1.54, 1.807) is 0 Å². The first-order chi connectivity index (χ1) is 9.38. The molecule has 0 aromatic heterocycles. The van der Waals surface area contributed by atoms with E-state index in [1.165, 1.54) is 50.8 Å². The minimum atomic E-state index is 0.420. The van der Waals surface area contributed by atoms with Gasteiger partial charge >= 0.3 is 0 Å². The maximum Gasteiger partial charge on any atom is 0.0470 e.